The van der Waals surface area contributed by atoms with Crippen LogP contribution in [0, 0.1) is 5.82 Å². The van der Waals surface area contributed by atoms with Gasteiger partial charge in [0.25, 0.3) is 0 Å². The first-order valence-electron chi connectivity index (χ1n) is 5.90. The van der Waals surface area contributed by atoms with E-state index in [0.717, 1.165) is 10.0 Å². The molecule has 0 spiro atoms. The Labute approximate surface area is 125 Å². The van der Waals surface area contributed by atoms with Gasteiger partial charge in [-0.3, -0.25) is 0 Å². The lowest BCUT2D eigenvalue weighted by molar-refractivity contribution is 0.264. The molecule has 0 aliphatic rings. The van der Waals surface area contributed by atoms with E-state index in [0.29, 0.717) is 17.0 Å². The van der Waals surface area contributed by atoms with Crippen LogP contribution in [0.1, 0.15) is 17.0 Å². The lowest BCUT2D eigenvalue weighted by Gasteiger charge is -2.16. The molecular formula is C15H13BrClFO. The van der Waals surface area contributed by atoms with Gasteiger partial charge in [-0.2, -0.15) is 0 Å². The maximum atomic E-state index is 13.2. The summed E-state index contributed by atoms with van der Waals surface area (Å²) in [6.45, 7) is -0.00548. The third-order valence-corrected chi connectivity index (χ3v) is 3.93. The van der Waals surface area contributed by atoms with Crippen LogP contribution in [0.15, 0.2) is 46.9 Å². The van der Waals surface area contributed by atoms with Gasteiger partial charge in [0.15, 0.2) is 0 Å². The minimum Gasteiger partial charge on any atom is -0.396 e. The zero-order valence-electron chi connectivity index (χ0n) is 10.1. The number of hydrogen-bond donors (Lipinski definition) is 1. The van der Waals surface area contributed by atoms with Crippen molar-refractivity contribution in [2.45, 2.75) is 12.3 Å². The molecule has 0 heterocycles. The highest BCUT2D eigenvalue weighted by Crippen LogP contribution is 2.26. The molecule has 0 bridgehead atoms. The molecule has 1 N–H and O–H groups in total. The number of halogens is 3. The van der Waals surface area contributed by atoms with Gasteiger partial charge in [0.2, 0.25) is 0 Å². The van der Waals surface area contributed by atoms with Crippen molar-refractivity contribution in [3.8, 4) is 0 Å². The molecule has 100 valence electrons. The average molecular weight is 344 g/mol. The molecule has 1 nitrogen and oxygen atoms in total. The van der Waals surface area contributed by atoms with Gasteiger partial charge in [-0.25, -0.2) is 4.39 Å². The van der Waals surface area contributed by atoms with Gasteiger partial charge in [0, 0.05) is 15.4 Å². The summed E-state index contributed by atoms with van der Waals surface area (Å²) in [6, 6.07) is 12.0. The Kier molecular flexibility index (Phi) is 4.97. The summed E-state index contributed by atoms with van der Waals surface area (Å²) in [7, 11) is 0. The van der Waals surface area contributed by atoms with Crippen molar-refractivity contribution in [2.75, 3.05) is 6.61 Å². The topological polar surface area (TPSA) is 20.2 Å². The molecule has 0 aliphatic heterocycles. The predicted octanol–water partition coefficient (Wildman–Crippen LogP) is 4.56. The van der Waals surface area contributed by atoms with Gasteiger partial charge in [-0.05, 0) is 47.9 Å². The van der Waals surface area contributed by atoms with Crippen LogP contribution in [-0.2, 0) is 6.42 Å². The Bertz CT molecular complexity index is 557. The first kappa shape index (κ1) is 14.5. The van der Waals surface area contributed by atoms with Crippen LogP contribution in [0.25, 0.3) is 0 Å². The van der Waals surface area contributed by atoms with Crippen molar-refractivity contribution in [2.24, 2.45) is 0 Å². The van der Waals surface area contributed by atoms with E-state index in [4.69, 9.17) is 11.6 Å². The third kappa shape index (κ3) is 3.78. The van der Waals surface area contributed by atoms with E-state index in [2.05, 4.69) is 15.9 Å². The van der Waals surface area contributed by atoms with Crippen LogP contribution >= 0.6 is 27.5 Å². The third-order valence-electron chi connectivity index (χ3n) is 3.04. The molecular weight excluding hydrogens is 331 g/mol. The fourth-order valence-corrected chi connectivity index (χ4v) is 2.45. The standard InChI is InChI=1S/C15H13BrClFO/c16-13-3-1-10(2-4-13)12(9-19)7-11-8-14(18)5-6-15(11)17/h1-6,8,12,19H,7,9H2. The number of aliphatic hydroxyl groups excluding tert-OH is 1. The minimum atomic E-state index is -0.313. The second-order valence-corrected chi connectivity index (χ2v) is 5.69. The Hall–Kier alpha value is -0.900. The molecule has 1 unspecified atom stereocenters. The normalized spacial score (nSPS) is 12.4. The Morgan fingerprint density at radius 3 is 2.47 bits per heavy atom. The zero-order chi connectivity index (χ0) is 13.8. The lowest BCUT2D eigenvalue weighted by Crippen LogP contribution is -2.08. The summed E-state index contributed by atoms with van der Waals surface area (Å²) in [5.74, 6) is -0.403. The molecule has 0 saturated heterocycles. The second kappa shape index (κ2) is 6.51. The average Bonchev–Trinajstić information content (AvgIpc) is 2.41. The predicted molar refractivity (Wildman–Crippen MR) is 79.1 cm³/mol. The van der Waals surface area contributed by atoms with Crippen molar-refractivity contribution in [1.29, 1.82) is 0 Å². The van der Waals surface area contributed by atoms with E-state index in [1.807, 2.05) is 24.3 Å². The SMILES string of the molecule is OCC(Cc1cc(F)ccc1Cl)c1ccc(Br)cc1. The van der Waals surface area contributed by atoms with Crippen LogP contribution in [0.3, 0.4) is 0 Å². The highest BCUT2D eigenvalue weighted by molar-refractivity contribution is 9.10. The number of hydrogen-bond acceptors (Lipinski definition) is 1. The van der Waals surface area contributed by atoms with Crippen LogP contribution < -0.4 is 0 Å². The van der Waals surface area contributed by atoms with Gasteiger partial charge in [-0.15, -0.1) is 0 Å². The van der Waals surface area contributed by atoms with Crippen molar-refractivity contribution in [1.82, 2.24) is 0 Å². The Balaban J connectivity index is 2.23. The quantitative estimate of drug-likeness (QED) is 0.863. The van der Waals surface area contributed by atoms with Crippen LogP contribution in [0.2, 0.25) is 5.02 Å². The fourth-order valence-electron chi connectivity index (χ4n) is 1.99. The molecule has 1 atom stereocenters. The number of benzene rings is 2. The first-order chi connectivity index (χ1) is 9.10. The van der Waals surface area contributed by atoms with Gasteiger partial charge in [0.1, 0.15) is 5.82 Å². The lowest BCUT2D eigenvalue weighted by atomic mass is 9.93. The van der Waals surface area contributed by atoms with Crippen molar-refractivity contribution >= 4 is 27.5 Å². The van der Waals surface area contributed by atoms with Gasteiger partial charge >= 0.3 is 0 Å². The summed E-state index contributed by atoms with van der Waals surface area (Å²) in [4.78, 5) is 0. The Morgan fingerprint density at radius 1 is 1.16 bits per heavy atom. The monoisotopic (exact) mass is 342 g/mol. The van der Waals surface area contributed by atoms with Crippen LogP contribution in [0.5, 0.6) is 0 Å². The smallest absolute Gasteiger partial charge is 0.123 e. The van der Waals surface area contributed by atoms with Gasteiger partial charge < -0.3 is 5.11 Å². The van der Waals surface area contributed by atoms with E-state index >= 15 is 0 Å². The molecule has 2 rings (SSSR count). The molecule has 0 aromatic heterocycles. The highest BCUT2D eigenvalue weighted by Gasteiger charge is 2.14. The van der Waals surface area contributed by atoms with Crippen molar-refractivity contribution < 1.29 is 9.50 Å². The van der Waals surface area contributed by atoms with Gasteiger partial charge in [0.05, 0.1) is 6.61 Å². The minimum absolute atomic E-state index is 0.00548. The molecule has 2 aromatic carbocycles. The van der Waals surface area contributed by atoms with Crippen LogP contribution in [0.4, 0.5) is 4.39 Å². The Morgan fingerprint density at radius 2 is 1.84 bits per heavy atom. The maximum absolute atomic E-state index is 13.2. The van der Waals surface area contributed by atoms with Gasteiger partial charge in [-0.1, -0.05) is 39.7 Å². The highest BCUT2D eigenvalue weighted by atomic mass is 79.9. The van der Waals surface area contributed by atoms with E-state index < -0.39 is 0 Å². The molecule has 0 amide bonds. The molecule has 0 saturated carbocycles. The van der Waals surface area contributed by atoms with E-state index in [-0.39, 0.29) is 18.3 Å². The van der Waals surface area contributed by atoms with E-state index in [1.54, 1.807) is 6.07 Å². The summed E-state index contributed by atoms with van der Waals surface area (Å²) < 4.78 is 14.2. The van der Waals surface area contributed by atoms with E-state index in [1.165, 1.54) is 12.1 Å². The number of aliphatic hydroxyl groups is 1. The van der Waals surface area contributed by atoms with Crippen LogP contribution in [-0.4, -0.2) is 11.7 Å². The zero-order valence-corrected chi connectivity index (χ0v) is 12.5. The van der Waals surface area contributed by atoms with E-state index in [9.17, 15) is 9.50 Å². The summed E-state index contributed by atoms with van der Waals surface area (Å²) in [5, 5.41) is 10.0. The summed E-state index contributed by atoms with van der Waals surface area (Å²) >= 11 is 9.43. The van der Waals surface area contributed by atoms with Crippen molar-refractivity contribution in [3.05, 3.63) is 68.9 Å². The first-order valence-corrected chi connectivity index (χ1v) is 7.07. The summed E-state index contributed by atoms with van der Waals surface area (Å²) in [5.41, 5.74) is 1.72. The second-order valence-electron chi connectivity index (χ2n) is 4.37. The maximum Gasteiger partial charge on any atom is 0.123 e. The molecule has 19 heavy (non-hydrogen) atoms. The fraction of sp³-hybridized carbons (Fsp3) is 0.200. The molecule has 2 aromatic rings. The molecule has 0 radical (unpaired) electrons. The molecule has 0 aliphatic carbocycles. The summed E-state index contributed by atoms with van der Waals surface area (Å²) in [6.07, 6.45) is 0.509. The molecule has 4 heteroatoms. The number of rotatable bonds is 4. The van der Waals surface area contributed by atoms with Crippen molar-refractivity contribution in [3.63, 3.8) is 0 Å². The molecule has 0 fully saturated rings. The largest absolute Gasteiger partial charge is 0.396 e.